The maximum absolute atomic E-state index is 8.77. The lowest BCUT2D eigenvalue weighted by Gasteiger charge is -1.97. The first kappa shape index (κ1) is 9.56. The summed E-state index contributed by atoms with van der Waals surface area (Å²) in [5.41, 5.74) is 2.17. The molecule has 2 aromatic rings. The van der Waals surface area contributed by atoms with Crippen LogP contribution in [0.4, 0.5) is 0 Å². The molecule has 0 amide bonds. The molecule has 2 N–H and O–H groups in total. The Morgan fingerprint density at radius 3 is 2.86 bits per heavy atom. The van der Waals surface area contributed by atoms with E-state index in [9.17, 15) is 0 Å². The molecule has 3 heteroatoms. The Hall–Kier alpha value is -0.990. The highest BCUT2D eigenvalue weighted by Crippen LogP contribution is 2.26. The van der Waals surface area contributed by atoms with E-state index in [1.807, 2.05) is 24.3 Å². The summed E-state index contributed by atoms with van der Waals surface area (Å²) in [6.45, 7) is 0.204. The van der Waals surface area contributed by atoms with Crippen molar-refractivity contribution in [2.75, 3.05) is 6.61 Å². The maximum Gasteiger partial charge on any atom is 0.110 e. The first-order chi connectivity index (χ1) is 6.83. The zero-order chi connectivity index (χ0) is 9.97. The van der Waals surface area contributed by atoms with Gasteiger partial charge in [0.1, 0.15) is 5.15 Å². The quantitative estimate of drug-likeness (QED) is 0.801. The third kappa shape index (κ3) is 1.63. The second kappa shape index (κ2) is 4.03. The lowest BCUT2D eigenvalue weighted by atomic mass is 10.1. The smallest absolute Gasteiger partial charge is 0.110 e. The predicted molar refractivity (Wildman–Crippen MR) is 58.7 cm³/mol. The highest BCUT2D eigenvalue weighted by molar-refractivity contribution is 6.31. The monoisotopic (exact) mass is 209 g/mol. The molecule has 1 heterocycles. The van der Waals surface area contributed by atoms with Crippen LogP contribution in [-0.2, 0) is 6.42 Å². The number of fused-ring (bicyclic) bond motifs is 1. The standard InChI is InChI=1S/C11H12ClNO/c12-11-9(5-3-7-14)8-4-1-2-6-10(8)13-11/h1-2,4,6,13-14H,3,5,7H2. The molecule has 0 saturated carbocycles. The van der Waals surface area contributed by atoms with Crippen LogP contribution in [0.25, 0.3) is 10.9 Å². The minimum atomic E-state index is 0.204. The molecule has 0 bridgehead atoms. The normalized spacial score (nSPS) is 11.0. The molecular weight excluding hydrogens is 198 g/mol. The molecule has 1 aromatic carbocycles. The molecule has 0 radical (unpaired) electrons. The number of hydrogen-bond acceptors (Lipinski definition) is 1. The first-order valence-electron chi connectivity index (χ1n) is 4.69. The van der Waals surface area contributed by atoms with E-state index >= 15 is 0 Å². The third-order valence-corrected chi connectivity index (χ3v) is 2.67. The van der Waals surface area contributed by atoms with Gasteiger partial charge in [0, 0.05) is 17.5 Å². The Bertz CT molecular complexity index is 436. The summed E-state index contributed by atoms with van der Waals surface area (Å²) in [6, 6.07) is 8.02. The van der Waals surface area contributed by atoms with E-state index in [2.05, 4.69) is 4.98 Å². The van der Waals surface area contributed by atoms with Gasteiger partial charge in [0.05, 0.1) is 0 Å². The van der Waals surface area contributed by atoms with Gasteiger partial charge in [-0.1, -0.05) is 29.8 Å². The van der Waals surface area contributed by atoms with Crippen LogP contribution in [0.2, 0.25) is 5.15 Å². The highest BCUT2D eigenvalue weighted by atomic mass is 35.5. The van der Waals surface area contributed by atoms with Gasteiger partial charge in [0.15, 0.2) is 0 Å². The average Bonchev–Trinajstić information content (AvgIpc) is 2.51. The Kier molecular flexibility index (Phi) is 2.75. The van der Waals surface area contributed by atoms with Gasteiger partial charge in [-0.25, -0.2) is 0 Å². The lowest BCUT2D eigenvalue weighted by molar-refractivity contribution is 0.289. The zero-order valence-corrected chi connectivity index (χ0v) is 8.51. The Morgan fingerprint density at radius 1 is 1.29 bits per heavy atom. The van der Waals surface area contributed by atoms with Gasteiger partial charge < -0.3 is 10.1 Å². The molecular formula is C11H12ClNO. The van der Waals surface area contributed by atoms with Crippen molar-refractivity contribution < 1.29 is 5.11 Å². The van der Waals surface area contributed by atoms with Crippen molar-refractivity contribution in [1.82, 2.24) is 4.98 Å². The van der Waals surface area contributed by atoms with Crippen LogP contribution >= 0.6 is 11.6 Å². The fourth-order valence-electron chi connectivity index (χ4n) is 1.67. The van der Waals surface area contributed by atoms with Crippen LogP contribution in [-0.4, -0.2) is 16.7 Å². The number of rotatable bonds is 3. The third-order valence-electron chi connectivity index (χ3n) is 2.35. The molecule has 0 spiro atoms. The van der Waals surface area contributed by atoms with E-state index in [0.717, 1.165) is 29.3 Å². The Labute approximate surface area is 87.5 Å². The summed E-state index contributed by atoms with van der Waals surface area (Å²) in [5.74, 6) is 0. The molecule has 2 rings (SSSR count). The number of halogens is 1. The van der Waals surface area contributed by atoms with Crippen LogP contribution in [0.1, 0.15) is 12.0 Å². The molecule has 0 aliphatic heterocycles. The predicted octanol–water partition coefficient (Wildman–Crippen LogP) is 2.75. The molecule has 14 heavy (non-hydrogen) atoms. The first-order valence-corrected chi connectivity index (χ1v) is 5.06. The van der Waals surface area contributed by atoms with E-state index < -0.39 is 0 Å². The molecule has 0 saturated heterocycles. The lowest BCUT2D eigenvalue weighted by Crippen LogP contribution is -1.88. The SMILES string of the molecule is OCCCc1c(Cl)[nH]c2ccccc12. The van der Waals surface area contributed by atoms with Gasteiger partial charge in [-0.3, -0.25) is 0 Å². The zero-order valence-electron chi connectivity index (χ0n) is 7.76. The molecule has 0 fully saturated rings. The average molecular weight is 210 g/mol. The number of H-pyrrole nitrogens is 1. The minimum absolute atomic E-state index is 0.204. The van der Waals surface area contributed by atoms with Crippen LogP contribution in [0.3, 0.4) is 0 Å². The number of aromatic amines is 1. The number of hydrogen-bond donors (Lipinski definition) is 2. The number of aryl methyl sites for hydroxylation is 1. The molecule has 1 aromatic heterocycles. The summed E-state index contributed by atoms with van der Waals surface area (Å²) in [7, 11) is 0. The summed E-state index contributed by atoms with van der Waals surface area (Å²) in [5, 5.41) is 10.6. The van der Waals surface area contributed by atoms with Crippen LogP contribution in [0.15, 0.2) is 24.3 Å². The van der Waals surface area contributed by atoms with Crippen LogP contribution in [0.5, 0.6) is 0 Å². The minimum Gasteiger partial charge on any atom is -0.396 e. The van der Waals surface area contributed by atoms with E-state index in [1.54, 1.807) is 0 Å². The van der Waals surface area contributed by atoms with Crippen molar-refractivity contribution in [1.29, 1.82) is 0 Å². The topological polar surface area (TPSA) is 36.0 Å². The second-order valence-electron chi connectivity index (χ2n) is 3.29. The van der Waals surface area contributed by atoms with Gasteiger partial charge in [-0.2, -0.15) is 0 Å². The van der Waals surface area contributed by atoms with Gasteiger partial charge in [-0.05, 0) is 24.5 Å². The number of aliphatic hydroxyl groups excluding tert-OH is 1. The van der Waals surface area contributed by atoms with Crippen molar-refractivity contribution in [2.24, 2.45) is 0 Å². The van der Waals surface area contributed by atoms with Gasteiger partial charge in [0.2, 0.25) is 0 Å². The molecule has 74 valence electrons. The summed E-state index contributed by atoms with van der Waals surface area (Å²) in [6.07, 6.45) is 1.57. The fraction of sp³-hybridized carbons (Fsp3) is 0.273. The largest absolute Gasteiger partial charge is 0.396 e. The van der Waals surface area contributed by atoms with Crippen molar-refractivity contribution in [2.45, 2.75) is 12.8 Å². The number of aliphatic hydroxyl groups is 1. The van der Waals surface area contributed by atoms with Gasteiger partial charge >= 0.3 is 0 Å². The van der Waals surface area contributed by atoms with Gasteiger partial charge in [0.25, 0.3) is 0 Å². The van der Waals surface area contributed by atoms with Crippen molar-refractivity contribution in [3.8, 4) is 0 Å². The van der Waals surface area contributed by atoms with E-state index in [1.165, 1.54) is 0 Å². The number of nitrogens with one attached hydrogen (secondary N) is 1. The van der Waals surface area contributed by atoms with Crippen molar-refractivity contribution in [3.05, 3.63) is 35.0 Å². The second-order valence-corrected chi connectivity index (χ2v) is 3.67. The fourth-order valence-corrected chi connectivity index (χ4v) is 1.97. The van der Waals surface area contributed by atoms with E-state index in [0.29, 0.717) is 5.15 Å². The van der Waals surface area contributed by atoms with Crippen LogP contribution in [0, 0.1) is 0 Å². The summed E-state index contributed by atoms with van der Waals surface area (Å²) < 4.78 is 0. The highest BCUT2D eigenvalue weighted by Gasteiger charge is 2.07. The molecule has 2 nitrogen and oxygen atoms in total. The molecule has 0 aliphatic carbocycles. The maximum atomic E-state index is 8.77. The van der Waals surface area contributed by atoms with Gasteiger partial charge in [-0.15, -0.1) is 0 Å². The summed E-state index contributed by atoms with van der Waals surface area (Å²) in [4.78, 5) is 3.12. The summed E-state index contributed by atoms with van der Waals surface area (Å²) >= 11 is 6.07. The Balaban J connectivity index is 2.45. The molecule has 0 atom stereocenters. The van der Waals surface area contributed by atoms with Crippen molar-refractivity contribution >= 4 is 22.5 Å². The Morgan fingerprint density at radius 2 is 2.07 bits per heavy atom. The molecule has 0 aliphatic rings. The van der Waals surface area contributed by atoms with E-state index in [4.69, 9.17) is 16.7 Å². The molecule has 0 unspecified atom stereocenters. The number of benzene rings is 1. The number of aromatic nitrogens is 1. The van der Waals surface area contributed by atoms with Crippen molar-refractivity contribution in [3.63, 3.8) is 0 Å². The van der Waals surface area contributed by atoms with E-state index in [-0.39, 0.29) is 6.61 Å². The number of para-hydroxylation sites is 1. The van der Waals surface area contributed by atoms with Crippen LogP contribution < -0.4 is 0 Å².